The predicted molar refractivity (Wildman–Crippen MR) is 109 cm³/mol. The van der Waals surface area contributed by atoms with Gasteiger partial charge >= 0.3 is 6.61 Å². The molecular weight excluding hydrogens is 418 g/mol. The lowest BCUT2D eigenvalue weighted by molar-refractivity contribution is -0.0493. The highest BCUT2D eigenvalue weighted by molar-refractivity contribution is 6.32. The molecule has 1 N–H and O–H groups in total. The first-order valence-corrected chi connectivity index (χ1v) is 9.43. The SMILES string of the molecule is COc1cc(C(=O)Nc2cc(C#N)ccc2OC(F)F)cc(Cl)c1OCCC(C)C. The Kier molecular flexibility index (Phi) is 8.25. The fourth-order valence-electron chi connectivity index (χ4n) is 2.48. The van der Waals surface area contributed by atoms with Crippen molar-refractivity contribution in [2.45, 2.75) is 26.9 Å². The summed E-state index contributed by atoms with van der Waals surface area (Å²) in [5.41, 5.74) is 0.196. The number of rotatable bonds is 9. The molecule has 0 aliphatic carbocycles. The van der Waals surface area contributed by atoms with Gasteiger partial charge in [-0.05, 0) is 42.7 Å². The average Bonchev–Trinajstić information content (AvgIpc) is 2.69. The molecule has 0 fully saturated rings. The van der Waals surface area contributed by atoms with Crippen LogP contribution in [0.4, 0.5) is 14.5 Å². The Labute approximate surface area is 178 Å². The molecule has 0 saturated carbocycles. The van der Waals surface area contributed by atoms with Gasteiger partial charge in [0.05, 0.1) is 36.1 Å². The van der Waals surface area contributed by atoms with Crippen LogP contribution in [0.5, 0.6) is 17.2 Å². The molecule has 0 unspecified atom stereocenters. The minimum absolute atomic E-state index is 0.0771. The van der Waals surface area contributed by atoms with Gasteiger partial charge in [-0.3, -0.25) is 4.79 Å². The number of methoxy groups -OCH3 is 1. The number of alkyl halides is 2. The van der Waals surface area contributed by atoms with E-state index >= 15 is 0 Å². The molecule has 30 heavy (non-hydrogen) atoms. The van der Waals surface area contributed by atoms with Crippen LogP contribution in [0.15, 0.2) is 30.3 Å². The number of benzene rings is 2. The van der Waals surface area contributed by atoms with Crippen LogP contribution in [-0.4, -0.2) is 26.2 Å². The number of hydrogen-bond acceptors (Lipinski definition) is 5. The summed E-state index contributed by atoms with van der Waals surface area (Å²) in [6, 6.07) is 8.39. The van der Waals surface area contributed by atoms with E-state index in [2.05, 4.69) is 23.9 Å². The largest absolute Gasteiger partial charge is 0.493 e. The van der Waals surface area contributed by atoms with Crippen LogP contribution in [0.3, 0.4) is 0 Å². The second-order valence-corrected chi connectivity index (χ2v) is 7.08. The number of hydrogen-bond donors (Lipinski definition) is 1. The molecule has 6 nitrogen and oxygen atoms in total. The zero-order valence-electron chi connectivity index (χ0n) is 16.7. The topological polar surface area (TPSA) is 80.6 Å². The molecule has 9 heteroatoms. The van der Waals surface area contributed by atoms with Crippen LogP contribution in [0.25, 0.3) is 0 Å². The van der Waals surface area contributed by atoms with Gasteiger partial charge in [0.15, 0.2) is 11.5 Å². The van der Waals surface area contributed by atoms with Gasteiger partial charge in [0.1, 0.15) is 5.75 Å². The van der Waals surface area contributed by atoms with Crippen LogP contribution >= 0.6 is 11.6 Å². The number of nitrogens with zero attached hydrogens (tertiary/aromatic N) is 1. The number of carbonyl (C=O) groups is 1. The van der Waals surface area contributed by atoms with E-state index in [9.17, 15) is 13.6 Å². The van der Waals surface area contributed by atoms with Crippen molar-refractivity contribution in [1.82, 2.24) is 0 Å². The molecule has 2 aromatic carbocycles. The smallest absolute Gasteiger partial charge is 0.387 e. The Morgan fingerprint density at radius 3 is 2.57 bits per heavy atom. The molecule has 1 amide bonds. The predicted octanol–water partition coefficient (Wildman–Crippen LogP) is 5.50. The molecule has 160 valence electrons. The molecule has 0 bridgehead atoms. The van der Waals surface area contributed by atoms with E-state index < -0.39 is 12.5 Å². The Bertz CT molecular complexity index is 945. The Balaban J connectivity index is 2.29. The third kappa shape index (κ3) is 6.22. The number of nitriles is 1. The Morgan fingerprint density at radius 1 is 1.23 bits per heavy atom. The number of ether oxygens (including phenoxy) is 3. The lowest BCUT2D eigenvalue weighted by Gasteiger charge is -2.16. The third-order valence-corrected chi connectivity index (χ3v) is 4.29. The van der Waals surface area contributed by atoms with Gasteiger partial charge in [-0.25, -0.2) is 0 Å². The molecule has 0 heterocycles. The Hall–Kier alpha value is -3.05. The molecule has 0 aromatic heterocycles. The van der Waals surface area contributed by atoms with Gasteiger partial charge in [0.2, 0.25) is 0 Å². The summed E-state index contributed by atoms with van der Waals surface area (Å²) in [4.78, 5) is 12.7. The van der Waals surface area contributed by atoms with Crippen LogP contribution in [0, 0.1) is 17.2 Å². The second-order valence-electron chi connectivity index (χ2n) is 6.68. The lowest BCUT2D eigenvalue weighted by atomic mass is 10.1. The van der Waals surface area contributed by atoms with E-state index in [0.717, 1.165) is 6.42 Å². The second kappa shape index (κ2) is 10.6. The van der Waals surface area contributed by atoms with E-state index in [-0.39, 0.29) is 33.3 Å². The first kappa shape index (κ1) is 23.2. The van der Waals surface area contributed by atoms with Crippen molar-refractivity contribution in [3.05, 3.63) is 46.5 Å². The molecule has 0 atom stereocenters. The summed E-state index contributed by atoms with van der Waals surface area (Å²) in [5, 5.41) is 11.7. The lowest BCUT2D eigenvalue weighted by Crippen LogP contribution is -2.14. The average molecular weight is 439 g/mol. The van der Waals surface area contributed by atoms with Crippen LogP contribution in [0.1, 0.15) is 36.2 Å². The minimum Gasteiger partial charge on any atom is -0.493 e. The quantitative estimate of drug-likeness (QED) is 0.559. The molecule has 2 aromatic rings. The zero-order chi connectivity index (χ0) is 22.3. The summed E-state index contributed by atoms with van der Waals surface area (Å²) in [7, 11) is 1.41. The summed E-state index contributed by atoms with van der Waals surface area (Å²) >= 11 is 6.27. The first-order chi connectivity index (χ1) is 14.2. The van der Waals surface area contributed by atoms with Gasteiger partial charge in [-0.1, -0.05) is 25.4 Å². The normalized spacial score (nSPS) is 10.6. The fraction of sp³-hybridized carbons (Fsp3) is 0.333. The maximum Gasteiger partial charge on any atom is 0.387 e. The van der Waals surface area contributed by atoms with Crippen LogP contribution in [0.2, 0.25) is 5.02 Å². The minimum atomic E-state index is -3.09. The number of nitrogens with one attached hydrogen (secondary N) is 1. The first-order valence-electron chi connectivity index (χ1n) is 9.05. The van der Waals surface area contributed by atoms with E-state index in [4.69, 9.17) is 26.3 Å². The van der Waals surface area contributed by atoms with Crippen molar-refractivity contribution in [1.29, 1.82) is 5.26 Å². The zero-order valence-corrected chi connectivity index (χ0v) is 17.4. The maximum absolute atomic E-state index is 12.7. The van der Waals surface area contributed by atoms with E-state index in [1.807, 2.05) is 6.07 Å². The van der Waals surface area contributed by atoms with Crippen molar-refractivity contribution in [2.24, 2.45) is 5.92 Å². The molecule has 0 saturated heterocycles. The summed E-state index contributed by atoms with van der Waals surface area (Å²) in [5.74, 6) is 0.0756. The van der Waals surface area contributed by atoms with Gasteiger partial charge in [0.25, 0.3) is 5.91 Å². The van der Waals surface area contributed by atoms with Gasteiger partial charge < -0.3 is 19.5 Å². The van der Waals surface area contributed by atoms with Crippen molar-refractivity contribution in [2.75, 3.05) is 19.0 Å². The van der Waals surface area contributed by atoms with Crippen molar-refractivity contribution in [3.63, 3.8) is 0 Å². The van der Waals surface area contributed by atoms with Gasteiger partial charge in [-0.15, -0.1) is 0 Å². The molecule has 0 radical (unpaired) electrons. The molecule has 2 rings (SSSR count). The number of amides is 1. The van der Waals surface area contributed by atoms with E-state index in [1.165, 1.54) is 37.4 Å². The van der Waals surface area contributed by atoms with Crippen molar-refractivity contribution < 1.29 is 27.8 Å². The van der Waals surface area contributed by atoms with Crippen LogP contribution < -0.4 is 19.5 Å². The molecule has 0 spiro atoms. The summed E-state index contributed by atoms with van der Waals surface area (Å²) in [6.45, 7) is 1.45. The van der Waals surface area contributed by atoms with Crippen molar-refractivity contribution in [3.8, 4) is 23.3 Å². The third-order valence-electron chi connectivity index (χ3n) is 4.01. The summed E-state index contributed by atoms with van der Waals surface area (Å²) in [6.07, 6.45) is 0.809. The standard InChI is InChI=1S/C21H21ClF2N2O4/c1-12(2)6-7-29-19-15(22)9-14(10-18(19)28-3)20(27)26-16-8-13(11-25)4-5-17(16)30-21(23)24/h4-5,8-10,12,21H,6-7H2,1-3H3,(H,26,27). The van der Waals surface area contributed by atoms with Gasteiger partial charge in [0, 0.05) is 5.56 Å². The van der Waals surface area contributed by atoms with E-state index in [0.29, 0.717) is 18.3 Å². The number of halogens is 3. The summed E-state index contributed by atoms with van der Waals surface area (Å²) < 4.78 is 40.7. The van der Waals surface area contributed by atoms with Gasteiger partial charge in [-0.2, -0.15) is 14.0 Å². The van der Waals surface area contributed by atoms with Crippen LogP contribution in [-0.2, 0) is 0 Å². The number of anilines is 1. The molecule has 0 aliphatic rings. The molecular formula is C21H21ClF2N2O4. The number of carbonyl (C=O) groups excluding carboxylic acids is 1. The van der Waals surface area contributed by atoms with Crippen molar-refractivity contribution >= 4 is 23.2 Å². The highest BCUT2D eigenvalue weighted by Gasteiger charge is 2.18. The Morgan fingerprint density at radius 2 is 1.97 bits per heavy atom. The highest BCUT2D eigenvalue weighted by atomic mass is 35.5. The highest BCUT2D eigenvalue weighted by Crippen LogP contribution is 2.37. The monoisotopic (exact) mass is 438 g/mol. The molecule has 0 aliphatic heterocycles. The van der Waals surface area contributed by atoms with E-state index in [1.54, 1.807) is 0 Å². The maximum atomic E-state index is 12.7. The fourth-order valence-corrected chi connectivity index (χ4v) is 2.74.